The van der Waals surface area contributed by atoms with Gasteiger partial charge in [0.1, 0.15) is 16.1 Å². The quantitative estimate of drug-likeness (QED) is 0.0145. The molecule has 0 rings (SSSR count). The summed E-state index contributed by atoms with van der Waals surface area (Å²) in [7, 11) is 4.14. The number of esters is 6. The standard InChI is InChI=1S/C23H40O6Si.C21H38O6.C6H12Si.CH3N3/c1-11-21(3,18(24)27-6)16-23(5,19(25)28-7)17-22(4,12-2)20(26)29-14-13-15-30(8,9)10;1-9-12-13-27-18(24)20(5,11-3)15-21(6,17(23)26-8)14-19(4,10-2)16(22)25-7;1-5-6-7(2,3)4;1-3-4-2/h11-12,14,16-17H2,1-10H3;9-15H2,1-8H3;1-4H3;1H3. The van der Waals surface area contributed by atoms with Crippen molar-refractivity contribution in [3.8, 4) is 22.9 Å². The first-order chi connectivity index (χ1) is 31.1. The molecule has 0 amide bonds. The number of ether oxygens (including phenoxy) is 6. The van der Waals surface area contributed by atoms with E-state index in [1.165, 1.54) is 35.5 Å². The Labute approximate surface area is 414 Å². The van der Waals surface area contributed by atoms with Crippen LogP contribution >= 0.6 is 0 Å². The molecule has 17 heteroatoms. The fourth-order valence-electron chi connectivity index (χ4n) is 7.65. The maximum atomic E-state index is 12.9. The number of hydrogen-bond acceptors (Lipinski definition) is 13. The third-order valence-electron chi connectivity index (χ3n) is 12.0. The molecule has 0 aromatic carbocycles. The van der Waals surface area contributed by atoms with Gasteiger partial charge in [-0.05, 0) is 112 Å². The van der Waals surface area contributed by atoms with E-state index in [1.807, 2.05) is 48.5 Å². The van der Waals surface area contributed by atoms with Gasteiger partial charge in [0.15, 0.2) is 6.61 Å². The average Bonchev–Trinajstić information content (AvgIpc) is 3.28. The van der Waals surface area contributed by atoms with Crippen molar-refractivity contribution < 1.29 is 57.2 Å². The van der Waals surface area contributed by atoms with Crippen molar-refractivity contribution in [3.63, 3.8) is 0 Å². The van der Waals surface area contributed by atoms with Gasteiger partial charge >= 0.3 is 35.8 Å². The molecule has 15 nitrogen and oxygen atoms in total. The number of carbonyl (C=O) groups excluding carboxylic acids is 6. The Balaban J connectivity index is -0.000000494. The summed E-state index contributed by atoms with van der Waals surface area (Å²) in [6.07, 6.45) is 4.59. The maximum Gasteiger partial charge on any atom is 0.312 e. The molecule has 0 aliphatic carbocycles. The van der Waals surface area contributed by atoms with E-state index in [0.29, 0.717) is 32.3 Å². The van der Waals surface area contributed by atoms with Crippen LogP contribution in [0.4, 0.5) is 0 Å². The van der Waals surface area contributed by atoms with Crippen molar-refractivity contribution in [1.29, 1.82) is 0 Å². The zero-order chi connectivity index (χ0) is 54.4. The molecular formula is C51H93N3O12Si2. The lowest BCUT2D eigenvalue weighted by atomic mass is 9.64. The highest BCUT2D eigenvalue weighted by Gasteiger charge is 2.52. The number of unbranched alkanes of at least 4 members (excludes halogenated alkanes) is 1. The molecule has 0 aromatic rings. The van der Waals surface area contributed by atoms with Crippen molar-refractivity contribution in [2.45, 2.75) is 187 Å². The Morgan fingerprint density at radius 1 is 0.515 bits per heavy atom. The monoisotopic (exact) mass is 996 g/mol. The summed E-state index contributed by atoms with van der Waals surface area (Å²) in [5.41, 5.74) is 8.09. The molecule has 6 unspecified atom stereocenters. The van der Waals surface area contributed by atoms with Gasteiger partial charge in [-0.3, -0.25) is 28.8 Å². The van der Waals surface area contributed by atoms with E-state index in [2.05, 4.69) is 72.2 Å². The molecule has 0 aromatic heterocycles. The van der Waals surface area contributed by atoms with Crippen molar-refractivity contribution in [3.05, 3.63) is 10.4 Å². The van der Waals surface area contributed by atoms with Crippen LogP contribution in [0.15, 0.2) is 5.11 Å². The molecule has 392 valence electrons. The summed E-state index contributed by atoms with van der Waals surface area (Å²) in [4.78, 5) is 78.2. The number of nitrogens with zero attached hydrogens (tertiary/aromatic N) is 3. The van der Waals surface area contributed by atoms with Gasteiger partial charge in [-0.2, -0.15) is 0 Å². The summed E-state index contributed by atoms with van der Waals surface area (Å²) in [6, 6.07) is 0. The minimum atomic E-state index is -1.54. The second-order valence-electron chi connectivity index (χ2n) is 21.0. The topological polar surface area (TPSA) is 207 Å². The third kappa shape index (κ3) is 25.9. The predicted octanol–water partition coefficient (Wildman–Crippen LogP) is 11.5. The molecule has 0 bridgehead atoms. The molecule has 0 aliphatic rings. The highest BCUT2D eigenvalue weighted by molar-refractivity contribution is 6.84. The summed E-state index contributed by atoms with van der Waals surface area (Å²) in [5, 5.41) is 2.92. The lowest BCUT2D eigenvalue weighted by Gasteiger charge is -2.40. The summed E-state index contributed by atoms with van der Waals surface area (Å²) >= 11 is 0. The minimum absolute atomic E-state index is 0.0302. The van der Waals surface area contributed by atoms with E-state index < -0.39 is 66.5 Å². The summed E-state index contributed by atoms with van der Waals surface area (Å²) < 4.78 is 30.9. The van der Waals surface area contributed by atoms with E-state index in [9.17, 15) is 28.8 Å². The van der Waals surface area contributed by atoms with Crippen LogP contribution in [0.1, 0.15) is 147 Å². The lowest BCUT2D eigenvalue weighted by molar-refractivity contribution is -0.169. The largest absolute Gasteiger partial charge is 0.469 e. The van der Waals surface area contributed by atoms with Gasteiger partial charge in [-0.1, -0.05) is 91.4 Å². The Kier molecular flexibility index (Phi) is 33.6. The number of carbonyl (C=O) groups is 6. The SMILES string of the molecule is CC#C[Si](C)(C)C.CCC(C)(CC(C)(CC(C)(CC)C(=O)OCC#C[Si](C)(C)C)C(=O)OC)C(=O)OC.CCCCOC(=O)C(C)(CC)CC(C)(CC(C)(CC)C(=O)OC)C(=O)OC.CN=[N+]=[N-]. The second kappa shape index (κ2) is 32.5. The number of rotatable bonds is 22. The van der Waals surface area contributed by atoms with Crippen LogP contribution in [0.25, 0.3) is 10.4 Å². The van der Waals surface area contributed by atoms with Gasteiger partial charge in [-0.15, -0.1) is 17.0 Å². The second-order valence-corrected chi connectivity index (χ2v) is 30.5. The lowest BCUT2D eigenvalue weighted by Crippen LogP contribution is -2.44. The van der Waals surface area contributed by atoms with Crippen LogP contribution in [0.3, 0.4) is 0 Å². The van der Waals surface area contributed by atoms with Gasteiger partial charge in [-0.25, -0.2) is 0 Å². The third-order valence-corrected chi connectivity index (χ3v) is 13.9. The molecule has 0 fully saturated rings. The number of hydrogen-bond donors (Lipinski definition) is 0. The molecule has 0 saturated heterocycles. The molecule has 68 heavy (non-hydrogen) atoms. The van der Waals surface area contributed by atoms with Crippen LogP contribution in [0.2, 0.25) is 39.3 Å². The van der Waals surface area contributed by atoms with Gasteiger partial charge in [0, 0.05) is 12.0 Å². The van der Waals surface area contributed by atoms with Gasteiger partial charge in [0.05, 0.1) is 67.5 Å². The Morgan fingerprint density at radius 3 is 1.01 bits per heavy atom. The molecular weight excluding hydrogens is 903 g/mol. The molecule has 0 heterocycles. The maximum absolute atomic E-state index is 12.9. The van der Waals surface area contributed by atoms with E-state index >= 15 is 0 Å². The van der Waals surface area contributed by atoms with E-state index in [0.717, 1.165) is 12.8 Å². The minimum Gasteiger partial charge on any atom is -0.469 e. The van der Waals surface area contributed by atoms with Crippen molar-refractivity contribution in [1.82, 2.24) is 0 Å². The predicted molar refractivity (Wildman–Crippen MR) is 276 cm³/mol. The Hall–Kier alpha value is -4.32. The van der Waals surface area contributed by atoms with E-state index in [1.54, 1.807) is 34.6 Å². The normalized spacial score (nSPS) is 15.9. The van der Waals surface area contributed by atoms with E-state index in [4.69, 9.17) is 34.0 Å². The molecule has 0 aliphatic heterocycles. The molecule has 0 N–H and O–H groups in total. The van der Waals surface area contributed by atoms with Gasteiger partial charge < -0.3 is 28.4 Å². The average molecular weight is 996 g/mol. The van der Waals surface area contributed by atoms with Gasteiger partial charge in [0.25, 0.3) is 0 Å². The fraction of sp³-hybridized carbons (Fsp3) is 0.804. The summed E-state index contributed by atoms with van der Waals surface area (Å²) in [5.74, 6) is 3.48. The van der Waals surface area contributed by atoms with Crippen molar-refractivity contribution in [2.75, 3.05) is 48.7 Å². The summed E-state index contributed by atoms with van der Waals surface area (Å²) in [6.45, 7) is 35.6. The van der Waals surface area contributed by atoms with Crippen molar-refractivity contribution in [2.24, 2.45) is 37.6 Å². The molecule has 0 radical (unpaired) electrons. The van der Waals surface area contributed by atoms with Crippen molar-refractivity contribution >= 4 is 52.0 Å². The zero-order valence-electron chi connectivity index (χ0n) is 46.7. The van der Waals surface area contributed by atoms with Crippen LogP contribution < -0.4 is 0 Å². The highest BCUT2D eigenvalue weighted by atomic mass is 28.3. The van der Waals surface area contributed by atoms with Crippen LogP contribution in [0, 0.1) is 55.4 Å². The zero-order valence-corrected chi connectivity index (χ0v) is 48.7. The first-order valence-corrected chi connectivity index (χ1v) is 30.6. The van der Waals surface area contributed by atoms with Crippen LogP contribution in [-0.2, 0) is 57.2 Å². The first kappa shape index (κ1) is 70.2. The fourth-order valence-corrected chi connectivity index (χ4v) is 9.00. The smallest absolute Gasteiger partial charge is 0.312 e. The Bertz CT molecular complexity index is 1790. The van der Waals surface area contributed by atoms with Crippen LogP contribution in [0.5, 0.6) is 0 Å². The number of azide groups is 1. The first-order valence-electron chi connectivity index (χ1n) is 23.6. The van der Waals surface area contributed by atoms with Gasteiger partial charge in [0.2, 0.25) is 0 Å². The molecule has 0 spiro atoms. The molecule has 0 saturated carbocycles. The molecule has 6 atom stereocenters. The Morgan fingerprint density at radius 2 is 0.794 bits per heavy atom. The highest BCUT2D eigenvalue weighted by Crippen LogP contribution is 2.48. The number of methoxy groups -OCH3 is 4. The van der Waals surface area contributed by atoms with E-state index in [-0.39, 0.29) is 50.2 Å². The van der Waals surface area contributed by atoms with Crippen LogP contribution in [-0.4, -0.2) is 101 Å².